The molecule has 1 heterocycles. The van der Waals surface area contributed by atoms with Crippen LogP contribution in [0.5, 0.6) is 0 Å². The Labute approximate surface area is 100 Å². The molecule has 94 valence electrons. The third-order valence-corrected chi connectivity index (χ3v) is 4.05. The van der Waals surface area contributed by atoms with Crippen LogP contribution < -0.4 is 5.32 Å². The maximum atomic E-state index is 3.68. The predicted octanol–water partition coefficient (Wildman–Crippen LogP) is 1.01. The predicted molar refractivity (Wildman–Crippen MR) is 68.7 cm³/mol. The van der Waals surface area contributed by atoms with Gasteiger partial charge in [-0.05, 0) is 52.7 Å². The van der Waals surface area contributed by atoms with Crippen LogP contribution in [0.4, 0.5) is 0 Å². The molecule has 0 bridgehead atoms. The van der Waals surface area contributed by atoms with E-state index in [0.29, 0.717) is 0 Å². The Balaban J connectivity index is 1.74. The highest BCUT2D eigenvalue weighted by molar-refractivity contribution is 4.92. The van der Waals surface area contributed by atoms with Crippen LogP contribution in [-0.2, 0) is 0 Å². The zero-order chi connectivity index (χ0) is 11.5. The number of hydrogen-bond donors (Lipinski definition) is 1. The quantitative estimate of drug-likeness (QED) is 0.753. The van der Waals surface area contributed by atoms with Gasteiger partial charge in [0.15, 0.2) is 0 Å². The molecule has 1 saturated heterocycles. The first-order chi connectivity index (χ1) is 7.66. The van der Waals surface area contributed by atoms with E-state index >= 15 is 0 Å². The summed E-state index contributed by atoms with van der Waals surface area (Å²) in [6.07, 6.45) is 4.21. The van der Waals surface area contributed by atoms with Crippen LogP contribution >= 0.6 is 0 Å². The lowest BCUT2D eigenvalue weighted by Gasteiger charge is -2.38. The molecule has 1 aliphatic carbocycles. The van der Waals surface area contributed by atoms with Gasteiger partial charge in [-0.1, -0.05) is 0 Å². The van der Waals surface area contributed by atoms with Gasteiger partial charge in [-0.25, -0.2) is 0 Å². The molecule has 0 aromatic rings. The first kappa shape index (κ1) is 12.3. The minimum Gasteiger partial charge on any atom is -0.311 e. The van der Waals surface area contributed by atoms with Crippen molar-refractivity contribution in [3.63, 3.8) is 0 Å². The Kier molecular flexibility index (Phi) is 4.22. The fourth-order valence-corrected chi connectivity index (χ4v) is 2.64. The third kappa shape index (κ3) is 3.44. The smallest absolute Gasteiger partial charge is 0.0223 e. The van der Waals surface area contributed by atoms with Crippen molar-refractivity contribution in [3.8, 4) is 0 Å². The van der Waals surface area contributed by atoms with Crippen LogP contribution in [0.3, 0.4) is 0 Å². The summed E-state index contributed by atoms with van der Waals surface area (Å²) in [4.78, 5) is 4.97. The molecule has 0 radical (unpaired) electrons. The van der Waals surface area contributed by atoms with Crippen molar-refractivity contribution in [2.24, 2.45) is 5.92 Å². The Morgan fingerprint density at radius 1 is 1.38 bits per heavy atom. The fourth-order valence-electron chi connectivity index (χ4n) is 2.64. The normalized spacial score (nSPS) is 29.6. The van der Waals surface area contributed by atoms with E-state index in [0.717, 1.165) is 18.0 Å². The van der Waals surface area contributed by atoms with Crippen molar-refractivity contribution < 1.29 is 0 Å². The van der Waals surface area contributed by atoms with E-state index in [1.807, 2.05) is 0 Å². The zero-order valence-electron chi connectivity index (χ0n) is 11.1. The summed E-state index contributed by atoms with van der Waals surface area (Å²) in [6, 6.07) is 1.53. The van der Waals surface area contributed by atoms with Gasteiger partial charge in [-0.3, -0.25) is 4.90 Å². The number of hydrogen-bond acceptors (Lipinski definition) is 3. The SMILES string of the molecule is CC(CCN(C)C)N1CCNC(C2CC2)C1. The molecule has 0 aromatic heterocycles. The van der Waals surface area contributed by atoms with Crippen molar-refractivity contribution in [3.05, 3.63) is 0 Å². The highest BCUT2D eigenvalue weighted by atomic mass is 15.2. The Hall–Kier alpha value is -0.120. The van der Waals surface area contributed by atoms with E-state index in [-0.39, 0.29) is 0 Å². The van der Waals surface area contributed by atoms with Gasteiger partial charge in [0.05, 0.1) is 0 Å². The maximum Gasteiger partial charge on any atom is 0.0223 e. The molecule has 0 spiro atoms. The topological polar surface area (TPSA) is 18.5 Å². The summed E-state index contributed by atoms with van der Waals surface area (Å²) >= 11 is 0. The molecule has 2 aliphatic rings. The van der Waals surface area contributed by atoms with Gasteiger partial charge in [-0.15, -0.1) is 0 Å². The summed E-state index contributed by atoms with van der Waals surface area (Å²) in [5, 5.41) is 3.68. The van der Waals surface area contributed by atoms with E-state index in [2.05, 4.69) is 36.1 Å². The number of piperazine rings is 1. The maximum absolute atomic E-state index is 3.68. The third-order valence-electron chi connectivity index (χ3n) is 4.05. The van der Waals surface area contributed by atoms with E-state index < -0.39 is 0 Å². The second-order valence-corrected chi connectivity index (χ2v) is 5.83. The van der Waals surface area contributed by atoms with E-state index in [1.165, 1.54) is 45.4 Å². The van der Waals surface area contributed by atoms with Crippen LogP contribution in [0.2, 0.25) is 0 Å². The first-order valence-electron chi connectivity index (χ1n) is 6.79. The highest BCUT2D eigenvalue weighted by Gasteiger charge is 2.34. The number of nitrogens with one attached hydrogen (secondary N) is 1. The average Bonchev–Trinajstić information content (AvgIpc) is 3.10. The molecule has 3 heteroatoms. The van der Waals surface area contributed by atoms with E-state index in [4.69, 9.17) is 0 Å². The first-order valence-corrected chi connectivity index (χ1v) is 6.79. The number of rotatable bonds is 5. The molecule has 0 amide bonds. The molecule has 2 fully saturated rings. The van der Waals surface area contributed by atoms with Gasteiger partial charge >= 0.3 is 0 Å². The molecule has 0 aromatic carbocycles. The molecule has 2 rings (SSSR count). The summed E-state index contributed by atoms with van der Waals surface area (Å²) in [7, 11) is 4.33. The molecule has 2 unspecified atom stereocenters. The zero-order valence-corrected chi connectivity index (χ0v) is 11.1. The molecule has 1 saturated carbocycles. The van der Waals surface area contributed by atoms with Gasteiger partial charge in [0.1, 0.15) is 0 Å². The standard InChI is InChI=1S/C13H27N3/c1-11(6-8-15(2)3)16-9-7-14-13(10-16)12-4-5-12/h11-14H,4-10H2,1-3H3. The van der Waals surface area contributed by atoms with Crippen molar-refractivity contribution in [2.75, 3.05) is 40.3 Å². The average molecular weight is 225 g/mol. The summed E-state index contributed by atoms with van der Waals surface area (Å²) in [5.41, 5.74) is 0. The van der Waals surface area contributed by atoms with Crippen molar-refractivity contribution in [2.45, 2.75) is 38.3 Å². The molecule has 2 atom stereocenters. The van der Waals surface area contributed by atoms with Gasteiger partial charge in [0, 0.05) is 31.7 Å². The summed E-state index contributed by atoms with van der Waals surface area (Å²) in [6.45, 7) is 7.29. The van der Waals surface area contributed by atoms with Crippen LogP contribution in [0.15, 0.2) is 0 Å². The summed E-state index contributed by atoms with van der Waals surface area (Å²) in [5.74, 6) is 0.990. The Morgan fingerprint density at radius 3 is 2.75 bits per heavy atom. The molecule has 16 heavy (non-hydrogen) atoms. The molecule has 3 nitrogen and oxygen atoms in total. The van der Waals surface area contributed by atoms with Gasteiger partial charge < -0.3 is 10.2 Å². The van der Waals surface area contributed by atoms with Gasteiger partial charge in [0.25, 0.3) is 0 Å². The number of nitrogens with zero attached hydrogens (tertiary/aromatic N) is 2. The molecule has 1 aliphatic heterocycles. The second kappa shape index (κ2) is 5.48. The largest absolute Gasteiger partial charge is 0.311 e. The lowest BCUT2D eigenvalue weighted by Crippen LogP contribution is -2.54. The van der Waals surface area contributed by atoms with Crippen LogP contribution in [0.25, 0.3) is 0 Å². The minimum atomic E-state index is 0.741. The molecular weight excluding hydrogens is 198 g/mol. The summed E-state index contributed by atoms with van der Waals surface area (Å²) < 4.78 is 0. The highest BCUT2D eigenvalue weighted by Crippen LogP contribution is 2.33. The Morgan fingerprint density at radius 2 is 2.12 bits per heavy atom. The van der Waals surface area contributed by atoms with Crippen molar-refractivity contribution in [1.29, 1.82) is 0 Å². The monoisotopic (exact) mass is 225 g/mol. The van der Waals surface area contributed by atoms with Crippen molar-refractivity contribution >= 4 is 0 Å². The van der Waals surface area contributed by atoms with E-state index in [1.54, 1.807) is 0 Å². The van der Waals surface area contributed by atoms with Gasteiger partial charge in [0.2, 0.25) is 0 Å². The fraction of sp³-hybridized carbons (Fsp3) is 1.00. The van der Waals surface area contributed by atoms with E-state index in [9.17, 15) is 0 Å². The second-order valence-electron chi connectivity index (χ2n) is 5.83. The molecule has 1 N–H and O–H groups in total. The van der Waals surface area contributed by atoms with Crippen LogP contribution in [0.1, 0.15) is 26.2 Å². The lowest BCUT2D eigenvalue weighted by molar-refractivity contribution is 0.133. The van der Waals surface area contributed by atoms with Crippen LogP contribution in [0, 0.1) is 5.92 Å². The van der Waals surface area contributed by atoms with Crippen molar-refractivity contribution in [1.82, 2.24) is 15.1 Å². The Bertz CT molecular complexity index is 213. The molecular formula is C13H27N3. The van der Waals surface area contributed by atoms with Gasteiger partial charge in [-0.2, -0.15) is 0 Å². The van der Waals surface area contributed by atoms with Crippen LogP contribution in [-0.4, -0.2) is 62.2 Å². The minimum absolute atomic E-state index is 0.741. The lowest BCUT2D eigenvalue weighted by atomic mass is 10.1.